The Labute approximate surface area is 142 Å². The van der Waals surface area contributed by atoms with Crippen LogP contribution < -0.4 is 5.32 Å². The van der Waals surface area contributed by atoms with Crippen LogP contribution in [0.5, 0.6) is 0 Å². The summed E-state index contributed by atoms with van der Waals surface area (Å²) in [6.07, 6.45) is 3.49. The molecule has 1 aromatic carbocycles. The van der Waals surface area contributed by atoms with E-state index in [9.17, 15) is 14.4 Å². The first-order valence-electron chi connectivity index (χ1n) is 8.64. The minimum absolute atomic E-state index is 0.173. The highest BCUT2D eigenvalue weighted by molar-refractivity contribution is 6.09. The minimum Gasteiger partial charge on any atom is -0.324 e. The second-order valence-corrected chi connectivity index (χ2v) is 7.09. The molecule has 1 N–H and O–H groups in total. The van der Waals surface area contributed by atoms with Crippen molar-refractivity contribution in [3.8, 4) is 0 Å². The maximum atomic E-state index is 12.6. The highest BCUT2D eigenvalue weighted by atomic mass is 16.2. The second-order valence-electron chi connectivity index (χ2n) is 7.09. The van der Waals surface area contributed by atoms with Gasteiger partial charge in [0.15, 0.2) is 0 Å². The van der Waals surface area contributed by atoms with Crippen molar-refractivity contribution in [1.82, 2.24) is 4.90 Å². The molecule has 0 radical (unpaired) electrons. The van der Waals surface area contributed by atoms with Crippen LogP contribution in [0.3, 0.4) is 0 Å². The van der Waals surface area contributed by atoms with Gasteiger partial charge < -0.3 is 5.32 Å². The Bertz CT molecular complexity index is 654. The Morgan fingerprint density at radius 1 is 1.04 bits per heavy atom. The molecule has 0 spiro atoms. The lowest BCUT2D eigenvalue weighted by atomic mass is 9.81. The van der Waals surface area contributed by atoms with Crippen LogP contribution in [0.2, 0.25) is 0 Å². The van der Waals surface area contributed by atoms with Crippen LogP contribution in [-0.2, 0) is 14.4 Å². The summed E-state index contributed by atoms with van der Waals surface area (Å²) in [5.74, 6) is -1.11. The number of fused-ring (bicyclic) bond motifs is 1. The highest BCUT2D eigenvalue weighted by Gasteiger charge is 2.50. The second kappa shape index (κ2) is 6.38. The smallest absolute Gasteiger partial charge is 0.247 e. The third-order valence-electron chi connectivity index (χ3n) is 5.13. The molecule has 3 atom stereocenters. The molecule has 3 unspecified atom stereocenters. The van der Waals surface area contributed by atoms with E-state index in [0.717, 1.165) is 36.8 Å². The summed E-state index contributed by atoms with van der Waals surface area (Å²) in [4.78, 5) is 38.9. The number of carbonyl (C=O) groups excluding carboxylic acids is 3. The fraction of sp³-hybridized carbons (Fsp3) is 0.526. The Kier molecular flexibility index (Phi) is 4.43. The number of rotatable bonds is 3. The minimum atomic E-state index is -0.781. The van der Waals surface area contributed by atoms with Crippen molar-refractivity contribution < 1.29 is 14.4 Å². The third-order valence-corrected chi connectivity index (χ3v) is 5.13. The predicted octanol–water partition coefficient (Wildman–Crippen LogP) is 2.81. The Morgan fingerprint density at radius 2 is 1.54 bits per heavy atom. The van der Waals surface area contributed by atoms with Crippen LogP contribution in [0.1, 0.15) is 43.7 Å². The number of hydrogen-bond acceptors (Lipinski definition) is 3. The van der Waals surface area contributed by atoms with Crippen LogP contribution in [0.25, 0.3) is 0 Å². The van der Waals surface area contributed by atoms with Crippen molar-refractivity contribution in [2.75, 3.05) is 5.32 Å². The largest absolute Gasteiger partial charge is 0.324 e. The van der Waals surface area contributed by atoms with E-state index in [2.05, 4.69) is 5.32 Å². The number of anilines is 1. The summed E-state index contributed by atoms with van der Waals surface area (Å²) < 4.78 is 0. The number of imide groups is 1. The topological polar surface area (TPSA) is 66.5 Å². The first-order chi connectivity index (χ1) is 11.4. The molecule has 1 aliphatic carbocycles. The van der Waals surface area contributed by atoms with E-state index in [4.69, 9.17) is 0 Å². The summed E-state index contributed by atoms with van der Waals surface area (Å²) in [5, 5.41) is 2.84. The molecular formula is C19H24N2O3. The van der Waals surface area contributed by atoms with E-state index in [1.54, 1.807) is 6.92 Å². The Balaban J connectivity index is 1.75. The molecule has 24 heavy (non-hydrogen) atoms. The van der Waals surface area contributed by atoms with Crippen LogP contribution >= 0.6 is 0 Å². The lowest BCUT2D eigenvalue weighted by Gasteiger charge is -2.22. The first kappa shape index (κ1) is 16.7. The summed E-state index contributed by atoms with van der Waals surface area (Å²) in [6, 6.07) is 5.00. The molecule has 3 amide bonds. The van der Waals surface area contributed by atoms with E-state index < -0.39 is 6.04 Å². The van der Waals surface area contributed by atoms with Gasteiger partial charge in [0.1, 0.15) is 6.04 Å². The third kappa shape index (κ3) is 2.95. The van der Waals surface area contributed by atoms with Gasteiger partial charge in [0.2, 0.25) is 17.7 Å². The lowest BCUT2D eigenvalue weighted by Crippen LogP contribution is -2.46. The van der Waals surface area contributed by atoms with E-state index >= 15 is 0 Å². The van der Waals surface area contributed by atoms with Gasteiger partial charge in [0.05, 0.1) is 11.8 Å². The number of likely N-dealkylation sites (tertiary alicyclic amines) is 1. The fourth-order valence-corrected chi connectivity index (χ4v) is 3.98. The van der Waals surface area contributed by atoms with Crippen molar-refractivity contribution in [1.29, 1.82) is 0 Å². The lowest BCUT2D eigenvalue weighted by molar-refractivity contribution is -0.146. The molecule has 3 rings (SSSR count). The van der Waals surface area contributed by atoms with E-state index in [1.807, 2.05) is 32.0 Å². The molecule has 1 saturated heterocycles. The normalized spacial score (nSPS) is 24.7. The molecule has 2 fully saturated rings. The maximum absolute atomic E-state index is 12.6. The molecule has 0 bridgehead atoms. The van der Waals surface area contributed by atoms with Crippen LogP contribution in [0.4, 0.5) is 5.69 Å². The van der Waals surface area contributed by atoms with Gasteiger partial charge in [-0.1, -0.05) is 18.9 Å². The Morgan fingerprint density at radius 3 is 2.04 bits per heavy atom. The van der Waals surface area contributed by atoms with Gasteiger partial charge in [-0.25, -0.2) is 0 Å². The predicted molar refractivity (Wildman–Crippen MR) is 91.3 cm³/mol. The number of hydrogen-bond donors (Lipinski definition) is 1. The quantitative estimate of drug-likeness (QED) is 0.868. The number of carbonyl (C=O) groups is 3. The van der Waals surface area contributed by atoms with Crippen LogP contribution in [0, 0.1) is 25.7 Å². The van der Waals surface area contributed by atoms with Crippen LogP contribution in [-0.4, -0.2) is 28.7 Å². The molecule has 128 valence electrons. The maximum Gasteiger partial charge on any atom is 0.247 e. The molecule has 1 aromatic rings. The molecule has 1 saturated carbocycles. The number of amides is 3. The number of nitrogens with zero attached hydrogens (tertiary/aromatic N) is 1. The summed E-state index contributed by atoms with van der Waals surface area (Å²) in [7, 11) is 0. The molecule has 5 nitrogen and oxygen atoms in total. The summed E-state index contributed by atoms with van der Waals surface area (Å²) in [5.41, 5.74) is 2.80. The summed E-state index contributed by atoms with van der Waals surface area (Å²) in [6.45, 7) is 5.56. The van der Waals surface area contributed by atoms with Gasteiger partial charge in [-0.3, -0.25) is 19.3 Å². The highest BCUT2D eigenvalue weighted by Crippen LogP contribution is 2.38. The summed E-state index contributed by atoms with van der Waals surface area (Å²) >= 11 is 0. The van der Waals surface area contributed by atoms with Crippen molar-refractivity contribution in [2.24, 2.45) is 11.8 Å². The Hall–Kier alpha value is -2.17. The number of aryl methyl sites for hydroxylation is 2. The monoisotopic (exact) mass is 328 g/mol. The fourth-order valence-electron chi connectivity index (χ4n) is 3.98. The van der Waals surface area contributed by atoms with Gasteiger partial charge in [-0.05, 0) is 56.9 Å². The zero-order valence-electron chi connectivity index (χ0n) is 14.5. The molecule has 1 aliphatic heterocycles. The average Bonchev–Trinajstić information content (AvgIpc) is 2.77. The van der Waals surface area contributed by atoms with Gasteiger partial charge in [0.25, 0.3) is 0 Å². The zero-order valence-corrected chi connectivity index (χ0v) is 14.5. The van der Waals surface area contributed by atoms with Gasteiger partial charge in [-0.15, -0.1) is 0 Å². The van der Waals surface area contributed by atoms with Crippen molar-refractivity contribution in [3.63, 3.8) is 0 Å². The standard InChI is InChI=1S/C19H24N2O3/c1-11-8-12(2)10-14(9-11)20-17(22)13(3)21-18(23)15-6-4-5-7-16(15)19(21)24/h8-10,13,15-16H,4-7H2,1-3H3,(H,20,22). The first-order valence-corrected chi connectivity index (χ1v) is 8.64. The zero-order chi connectivity index (χ0) is 17.4. The van der Waals surface area contributed by atoms with E-state index in [0.29, 0.717) is 5.69 Å². The van der Waals surface area contributed by atoms with Gasteiger partial charge in [0, 0.05) is 5.69 Å². The average molecular weight is 328 g/mol. The van der Waals surface area contributed by atoms with Crippen LogP contribution in [0.15, 0.2) is 18.2 Å². The van der Waals surface area contributed by atoms with Crippen molar-refractivity contribution in [2.45, 2.75) is 52.5 Å². The van der Waals surface area contributed by atoms with Gasteiger partial charge in [-0.2, -0.15) is 0 Å². The van der Waals surface area contributed by atoms with Crippen molar-refractivity contribution in [3.05, 3.63) is 29.3 Å². The van der Waals surface area contributed by atoms with Gasteiger partial charge >= 0.3 is 0 Å². The molecule has 0 aromatic heterocycles. The van der Waals surface area contributed by atoms with Crippen molar-refractivity contribution >= 4 is 23.4 Å². The van der Waals surface area contributed by atoms with E-state index in [1.165, 1.54) is 4.90 Å². The SMILES string of the molecule is Cc1cc(C)cc(NC(=O)C(C)N2C(=O)C3CCCCC3C2=O)c1. The molecule has 1 heterocycles. The molecule has 2 aliphatic rings. The van der Waals surface area contributed by atoms with E-state index in [-0.39, 0.29) is 29.6 Å². The number of nitrogens with one attached hydrogen (secondary N) is 1. The molecule has 5 heteroatoms. The molecular weight excluding hydrogens is 304 g/mol. The number of benzene rings is 1.